The molecule has 1 aromatic heterocycles. The number of nitrogens with zero attached hydrogens (tertiary/aromatic N) is 3. The van der Waals surface area contributed by atoms with Gasteiger partial charge < -0.3 is 5.73 Å². The summed E-state index contributed by atoms with van der Waals surface area (Å²) in [5.74, 6) is 0.319. The Hall–Kier alpha value is -2.05. The minimum Gasteiger partial charge on any atom is -0.399 e. The van der Waals surface area contributed by atoms with Gasteiger partial charge in [0.1, 0.15) is 5.52 Å². The molecule has 0 aliphatic rings. The van der Waals surface area contributed by atoms with E-state index >= 15 is 0 Å². The maximum Gasteiger partial charge on any atom is 0.278 e. The lowest BCUT2D eigenvalue weighted by Crippen LogP contribution is -2.23. The lowest BCUT2D eigenvalue weighted by Gasteiger charge is -2.07. The average Bonchev–Trinajstić information content (AvgIpc) is 2.50. The van der Waals surface area contributed by atoms with Crippen molar-refractivity contribution in [2.24, 2.45) is 0 Å². The van der Waals surface area contributed by atoms with Gasteiger partial charge in [0.15, 0.2) is 0 Å². The van der Waals surface area contributed by atoms with Crippen molar-refractivity contribution in [1.29, 1.82) is 0 Å². The molecule has 0 amide bonds. The summed E-state index contributed by atoms with van der Waals surface area (Å²) >= 11 is 7.48. The van der Waals surface area contributed by atoms with Crippen molar-refractivity contribution in [3.05, 3.63) is 57.8 Å². The summed E-state index contributed by atoms with van der Waals surface area (Å²) in [4.78, 5) is 13.1. The zero-order valence-corrected chi connectivity index (χ0v) is 12.4. The number of nitrogen functional groups attached to an aromatic ring is 1. The molecule has 0 spiro atoms. The standard InChI is InChI=1S/C14H11ClN4OS/c15-11-6-5-9(16)7-13(11)21-8-19-14(20)10-3-1-2-4-12(10)17-18-19/h1-7H,8,16H2. The van der Waals surface area contributed by atoms with E-state index in [0.717, 1.165) is 4.90 Å². The molecule has 3 aromatic rings. The van der Waals surface area contributed by atoms with E-state index in [1.54, 1.807) is 36.4 Å². The van der Waals surface area contributed by atoms with Crippen LogP contribution in [0.4, 0.5) is 5.69 Å². The Balaban J connectivity index is 1.90. The van der Waals surface area contributed by atoms with Gasteiger partial charge in [0.2, 0.25) is 0 Å². The van der Waals surface area contributed by atoms with Crippen LogP contribution in [0.5, 0.6) is 0 Å². The third-order valence-corrected chi connectivity index (χ3v) is 4.39. The van der Waals surface area contributed by atoms with E-state index in [4.69, 9.17) is 17.3 Å². The van der Waals surface area contributed by atoms with Crippen molar-refractivity contribution in [2.75, 3.05) is 5.73 Å². The molecule has 1 heterocycles. The van der Waals surface area contributed by atoms with Crippen LogP contribution in [0.1, 0.15) is 0 Å². The highest BCUT2D eigenvalue weighted by Gasteiger charge is 2.07. The van der Waals surface area contributed by atoms with Gasteiger partial charge in [-0.3, -0.25) is 4.79 Å². The molecule has 0 saturated carbocycles. The van der Waals surface area contributed by atoms with E-state index in [-0.39, 0.29) is 5.56 Å². The van der Waals surface area contributed by atoms with Crippen molar-refractivity contribution in [3.63, 3.8) is 0 Å². The Bertz CT molecular complexity index is 865. The van der Waals surface area contributed by atoms with Crippen molar-refractivity contribution in [3.8, 4) is 0 Å². The molecule has 0 atom stereocenters. The summed E-state index contributed by atoms with van der Waals surface area (Å²) in [6.07, 6.45) is 0. The normalized spacial score (nSPS) is 10.9. The number of nitrogens with two attached hydrogens (primary N) is 1. The second kappa shape index (κ2) is 5.75. The van der Waals surface area contributed by atoms with Gasteiger partial charge in [-0.2, -0.15) is 0 Å². The smallest absolute Gasteiger partial charge is 0.278 e. The van der Waals surface area contributed by atoms with E-state index in [9.17, 15) is 4.79 Å². The summed E-state index contributed by atoms with van der Waals surface area (Å²) < 4.78 is 1.31. The molecule has 0 fully saturated rings. The molecular weight excluding hydrogens is 308 g/mol. The van der Waals surface area contributed by atoms with Crippen molar-refractivity contribution < 1.29 is 0 Å². The number of benzene rings is 2. The fraction of sp³-hybridized carbons (Fsp3) is 0.0714. The quantitative estimate of drug-likeness (QED) is 0.594. The third kappa shape index (κ3) is 2.86. The second-order valence-electron chi connectivity index (χ2n) is 4.37. The lowest BCUT2D eigenvalue weighted by molar-refractivity contribution is 0.645. The number of fused-ring (bicyclic) bond motifs is 1. The summed E-state index contributed by atoms with van der Waals surface area (Å²) in [5, 5.41) is 9.11. The molecule has 5 nitrogen and oxygen atoms in total. The van der Waals surface area contributed by atoms with Crippen LogP contribution >= 0.6 is 23.4 Å². The van der Waals surface area contributed by atoms with Crippen LogP contribution < -0.4 is 11.3 Å². The van der Waals surface area contributed by atoms with E-state index in [1.165, 1.54) is 16.4 Å². The molecule has 21 heavy (non-hydrogen) atoms. The fourth-order valence-electron chi connectivity index (χ4n) is 1.87. The summed E-state index contributed by atoms with van der Waals surface area (Å²) in [6.45, 7) is 0. The van der Waals surface area contributed by atoms with Crippen LogP contribution in [0.2, 0.25) is 5.02 Å². The fourth-order valence-corrected chi connectivity index (χ4v) is 3.01. The minimum absolute atomic E-state index is 0.173. The van der Waals surface area contributed by atoms with Gasteiger partial charge in [0, 0.05) is 10.6 Å². The predicted molar refractivity (Wildman–Crippen MR) is 85.5 cm³/mol. The zero-order chi connectivity index (χ0) is 14.8. The summed E-state index contributed by atoms with van der Waals surface area (Å²) in [5.41, 5.74) is 6.77. The number of rotatable bonds is 3. The highest BCUT2D eigenvalue weighted by Crippen LogP contribution is 2.29. The molecule has 3 rings (SSSR count). The molecule has 7 heteroatoms. The van der Waals surface area contributed by atoms with E-state index < -0.39 is 0 Å². The Labute approximate surface area is 129 Å². The van der Waals surface area contributed by atoms with Crippen molar-refractivity contribution in [2.45, 2.75) is 10.8 Å². The molecule has 0 aliphatic carbocycles. The van der Waals surface area contributed by atoms with Crippen LogP contribution in [-0.4, -0.2) is 15.0 Å². The molecule has 0 aliphatic heterocycles. The molecule has 2 aromatic carbocycles. The topological polar surface area (TPSA) is 73.8 Å². The Morgan fingerprint density at radius 1 is 1.24 bits per heavy atom. The van der Waals surface area contributed by atoms with Gasteiger partial charge in [-0.25, -0.2) is 4.68 Å². The molecule has 0 saturated heterocycles. The predicted octanol–water partition coefficient (Wildman–Crippen LogP) is 2.78. The minimum atomic E-state index is -0.173. The summed E-state index contributed by atoms with van der Waals surface area (Å²) in [6, 6.07) is 12.4. The van der Waals surface area contributed by atoms with Gasteiger partial charge in [-0.15, -0.1) is 16.9 Å². The van der Waals surface area contributed by atoms with Gasteiger partial charge >= 0.3 is 0 Å². The summed E-state index contributed by atoms with van der Waals surface area (Å²) in [7, 11) is 0. The van der Waals surface area contributed by atoms with Gasteiger partial charge in [0.25, 0.3) is 5.56 Å². The SMILES string of the molecule is Nc1ccc(Cl)c(SCn2nnc3ccccc3c2=O)c1. The van der Waals surface area contributed by atoms with Crippen LogP contribution in [0.25, 0.3) is 10.9 Å². The van der Waals surface area contributed by atoms with Crippen LogP contribution in [0, 0.1) is 0 Å². The molecule has 106 valence electrons. The van der Waals surface area contributed by atoms with Crippen molar-refractivity contribution >= 4 is 40.0 Å². The molecule has 0 radical (unpaired) electrons. The zero-order valence-electron chi connectivity index (χ0n) is 10.9. The highest BCUT2D eigenvalue weighted by atomic mass is 35.5. The number of halogens is 1. The number of hydrogen-bond acceptors (Lipinski definition) is 5. The molecule has 0 bridgehead atoms. The highest BCUT2D eigenvalue weighted by molar-refractivity contribution is 7.98. The average molecular weight is 319 g/mol. The number of anilines is 1. The monoisotopic (exact) mass is 318 g/mol. The molecule has 0 unspecified atom stereocenters. The third-order valence-electron chi connectivity index (χ3n) is 2.93. The van der Waals surface area contributed by atoms with Gasteiger partial charge in [-0.05, 0) is 30.3 Å². The molecule has 2 N–H and O–H groups in total. The van der Waals surface area contributed by atoms with Crippen molar-refractivity contribution in [1.82, 2.24) is 15.0 Å². The Kier molecular flexibility index (Phi) is 3.81. The number of thioether (sulfide) groups is 1. The van der Waals surface area contributed by atoms with E-state index in [2.05, 4.69) is 10.3 Å². The van der Waals surface area contributed by atoms with E-state index in [1.807, 2.05) is 6.07 Å². The van der Waals surface area contributed by atoms with Gasteiger partial charge in [0.05, 0.1) is 16.3 Å². The largest absolute Gasteiger partial charge is 0.399 e. The maximum atomic E-state index is 12.3. The van der Waals surface area contributed by atoms with Gasteiger partial charge in [-0.1, -0.05) is 28.9 Å². The van der Waals surface area contributed by atoms with E-state index in [0.29, 0.717) is 27.5 Å². The lowest BCUT2D eigenvalue weighted by atomic mass is 10.2. The Morgan fingerprint density at radius 2 is 2.05 bits per heavy atom. The first kappa shape index (κ1) is 13.9. The van der Waals surface area contributed by atoms with Crippen LogP contribution in [0.3, 0.4) is 0 Å². The molecular formula is C14H11ClN4OS. The van der Waals surface area contributed by atoms with Crippen LogP contribution in [-0.2, 0) is 5.88 Å². The van der Waals surface area contributed by atoms with Crippen LogP contribution in [0.15, 0.2) is 52.2 Å². The maximum absolute atomic E-state index is 12.3. The first-order valence-electron chi connectivity index (χ1n) is 6.15. The Morgan fingerprint density at radius 3 is 2.90 bits per heavy atom. The first-order valence-corrected chi connectivity index (χ1v) is 7.52. The second-order valence-corrected chi connectivity index (χ2v) is 5.77. The number of hydrogen-bond donors (Lipinski definition) is 1. The first-order chi connectivity index (χ1) is 10.1. The number of aromatic nitrogens is 3.